The van der Waals surface area contributed by atoms with Gasteiger partial charge in [0.05, 0.1) is 9.73 Å². The van der Waals surface area contributed by atoms with Gasteiger partial charge in [-0.1, -0.05) is 0 Å². The first kappa shape index (κ1) is 20.7. The zero-order valence-corrected chi connectivity index (χ0v) is 14.3. The minimum atomic E-state index is -5.03. The van der Waals surface area contributed by atoms with E-state index in [9.17, 15) is 31.4 Å². The van der Waals surface area contributed by atoms with Crippen molar-refractivity contribution in [1.82, 2.24) is 5.32 Å². The summed E-state index contributed by atoms with van der Waals surface area (Å²) in [6.07, 6.45) is -10.1. The lowest BCUT2D eigenvalue weighted by molar-refractivity contribution is -0.180. The Balaban J connectivity index is 2.66. The Morgan fingerprint density at radius 1 is 1.42 bits per heavy atom. The highest BCUT2D eigenvalue weighted by atomic mass is 32.2. The van der Waals surface area contributed by atoms with E-state index >= 15 is 0 Å². The highest BCUT2D eigenvalue weighted by Gasteiger charge is 2.40. The lowest BCUT2D eigenvalue weighted by Crippen LogP contribution is -2.46. The van der Waals surface area contributed by atoms with E-state index in [0.717, 1.165) is 0 Å². The van der Waals surface area contributed by atoms with Gasteiger partial charge in [-0.3, -0.25) is 4.79 Å². The fourth-order valence-electron chi connectivity index (χ4n) is 1.88. The Labute approximate surface area is 137 Å². The zero-order chi connectivity index (χ0) is 18.8. The maximum atomic E-state index is 12.9. The summed E-state index contributed by atoms with van der Waals surface area (Å²) in [5.74, 6) is -1.79. The molecular formula is C13H20F4N2O4S. The highest BCUT2D eigenvalue weighted by molar-refractivity contribution is 7.93. The van der Waals surface area contributed by atoms with Gasteiger partial charge in [-0.2, -0.15) is 17.5 Å². The molecule has 1 aliphatic rings. The molecule has 0 unspecified atom stereocenters. The smallest absolute Gasteiger partial charge is 0.419 e. The SMILES string of the molecule is CC(C)(C)OC(=O)N[C@H]1CC[S@@](=O)(CC[C@H](F)C(F)(F)F)=NC1=O. The molecule has 3 atom stereocenters. The molecule has 0 aromatic rings. The fraction of sp³-hybridized carbons (Fsp3) is 0.846. The number of hydrogen-bond donors (Lipinski definition) is 1. The minimum absolute atomic E-state index is 0.0661. The second-order valence-corrected chi connectivity index (χ2v) is 8.94. The second kappa shape index (κ2) is 7.24. The fourth-order valence-corrected chi connectivity index (χ4v) is 3.90. The number of alkyl halides is 4. The van der Waals surface area contributed by atoms with Crippen LogP contribution in [0.25, 0.3) is 0 Å². The highest BCUT2D eigenvalue weighted by Crippen LogP contribution is 2.26. The van der Waals surface area contributed by atoms with Gasteiger partial charge in [0, 0.05) is 11.5 Å². The van der Waals surface area contributed by atoms with Gasteiger partial charge in [0.25, 0.3) is 5.91 Å². The lowest BCUT2D eigenvalue weighted by atomic mass is 10.2. The van der Waals surface area contributed by atoms with E-state index in [1.807, 2.05) is 0 Å². The van der Waals surface area contributed by atoms with Gasteiger partial charge in [0.1, 0.15) is 11.6 Å². The number of halogens is 4. The molecule has 0 aliphatic carbocycles. The molecular weight excluding hydrogens is 356 g/mol. The molecule has 0 bridgehead atoms. The predicted octanol–water partition coefficient (Wildman–Crippen LogP) is 2.57. The van der Waals surface area contributed by atoms with Crippen molar-refractivity contribution in [2.45, 2.75) is 57.6 Å². The van der Waals surface area contributed by atoms with Gasteiger partial charge in [-0.05, 0) is 33.6 Å². The Morgan fingerprint density at radius 2 is 2.00 bits per heavy atom. The van der Waals surface area contributed by atoms with Gasteiger partial charge >= 0.3 is 12.3 Å². The van der Waals surface area contributed by atoms with Crippen LogP contribution in [0.3, 0.4) is 0 Å². The quantitative estimate of drug-likeness (QED) is 0.765. The first-order valence-electron chi connectivity index (χ1n) is 7.18. The van der Waals surface area contributed by atoms with Crippen molar-refractivity contribution in [2.24, 2.45) is 4.36 Å². The molecule has 24 heavy (non-hydrogen) atoms. The number of carbonyl (C=O) groups excluding carboxylic acids is 2. The van der Waals surface area contributed by atoms with Crippen molar-refractivity contribution >= 4 is 21.7 Å². The Morgan fingerprint density at radius 3 is 2.46 bits per heavy atom. The first-order chi connectivity index (χ1) is 10.7. The van der Waals surface area contributed by atoms with E-state index in [1.165, 1.54) is 0 Å². The summed E-state index contributed by atoms with van der Waals surface area (Å²) in [5, 5.41) is 2.27. The maximum Gasteiger partial charge on any atom is 0.419 e. The number of rotatable bonds is 4. The Hall–Kier alpha value is -1.39. The molecule has 1 rings (SSSR count). The summed E-state index contributed by atoms with van der Waals surface area (Å²) in [4.78, 5) is 23.4. The van der Waals surface area contributed by atoms with Crippen LogP contribution >= 0.6 is 0 Å². The van der Waals surface area contributed by atoms with Crippen molar-refractivity contribution in [3.05, 3.63) is 0 Å². The summed E-state index contributed by atoms with van der Waals surface area (Å²) in [6.45, 7) is 4.88. The van der Waals surface area contributed by atoms with Crippen molar-refractivity contribution in [3.63, 3.8) is 0 Å². The third-order valence-corrected chi connectivity index (χ3v) is 5.28. The van der Waals surface area contributed by atoms with E-state index in [0.29, 0.717) is 0 Å². The standard InChI is InChI=1S/C13H20F4N2O4S/c1-12(2,3)23-11(21)18-8-4-6-24(22,19-10(8)20)7-5-9(14)13(15,16)17/h8-9H,4-7H2,1-3H3,(H,18,21)/t8-,9-,24+/m0/s1. The molecule has 0 saturated heterocycles. The van der Waals surface area contributed by atoms with Gasteiger partial charge in [-0.25, -0.2) is 13.4 Å². The van der Waals surface area contributed by atoms with Crippen LogP contribution in [0.1, 0.15) is 33.6 Å². The normalized spacial score (nSPS) is 26.5. The number of nitrogens with zero attached hydrogens (tertiary/aromatic N) is 1. The van der Waals surface area contributed by atoms with Crippen LogP contribution in [0.2, 0.25) is 0 Å². The van der Waals surface area contributed by atoms with Crippen LogP contribution < -0.4 is 5.32 Å². The second-order valence-electron chi connectivity index (χ2n) is 6.40. The molecule has 2 amide bonds. The van der Waals surface area contributed by atoms with E-state index in [1.54, 1.807) is 20.8 Å². The Bertz CT molecular complexity index is 606. The summed E-state index contributed by atoms with van der Waals surface area (Å²) >= 11 is 0. The third kappa shape index (κ3) is 6.62. The summed E-state index contributed by atoms with van der Waals surface area (Å²) in [5.41, 5.74) is -0.778. The summed E-state index contributed by atoms with van der Waals surface area (Å²) in [6, 6.07) is -1.06. The van der Waals surface area contributed by atoms with Crippen LogP contribution in [-0.2, 0) is 19.3 Å². The zero-order valence-electron chi connectivity index (χ0n) is 13.5. The molecule has 1 aliphatic heterocycles. The number of amides is 2. The van der Waals surface area contributed by atoms with Crippen LogP contribution in [0.15, 0.2) is 4.36 Å². The maximum absolute atomic E-state index is 12.9. The molecule has 1 heterocycles. The van der Waals surface area contributed by atoms with Crippen molar-refractivity contribution in [2.75, 3.05) is 11.5 Å². The molecule has 0 spiro atoms. The number of nitrogens with one attached hydrogen (secondary N) is 1. The van der Waals surface area contributed by atoms with Crippen LogP contribution in [0, 0.1) is 0 Å². The first-order valence-corrected chi connectivity index (χ1v) is 9.04. The van der Waals surface area contributed by atoms with E-state index in [2.05, 4.69) is 9.68 Å². The van der Waals surface area contributed by atoms with E-state index in [-0.39, 0.29) is 12.2 Å². The Kier molecular flexibility index (Phi) is 6.23. The molecule has 140 valence electrons. The number of hydrogen-bond acceptors (Lipinski definition) is 4. The van der Waals surface area contributed by atoms with E-state index < -0.39 is 57.9 Å². The minimum Gasteiger partial charge on any atom is -0.444 e. The molecule has 0 aromatic carbocycles. The molecule has 11 heteroatoms. The number of carbonyl (C=O) groups is 2. The third-order valence-electron chi connectivity index (χ3n) is 3.02. The van der Waals surface area contributed by atoms with Crippen LogP contribution in [-0.4, -0.2) is 51.7 Å². The van der Waals surface area contributed by atoms with Crippen LogP contribution in [0.4, 0.5) is 22.4 Å². The molecule has 1 N–H and O–H groups in total. The largest absolute Gasteiger partial charge is 0.444 e. The monoisotopic (exact) mass is 376 g/mol. The average molecular weight is 376 g/mol. The van der Waals surface area contributed by atoms with Gasteiger partial charge < -0.3 is 10.1 Å². The number of ether oxygens (including phenoxy) is 1. The molecule has 0 saturated carbocycles. The topological polar surface area (TPSA) is 84.8 Å². The van der Waals surface area contributed by atoms with Gasteiger partial charge in [0.15, 0.2) is 6.17 Å². The molecule has 0 fully saturated rings. The summed E-state index contributed by atoms with van der Waals surface area (Å²) < 4.78 is 69.8. The molecule has 0 aromatic heterocycles. The van der Waals surface area contributed by atoms with Gasteiger partial charge in [0.2, 0.25) is 0 Å². The van der Waals surface area contributed by atoms with Crippen molar-refractivity contribution < 1.29 is 36.1 Å². The van der Waals surface area contributed by atoms with Gasteiger partial charge in [-0.15, -0.1) is 0 Å². The number of alkyl carbamates (subject to hydrolysis) is 1. The summed E-state index contributed by atoms with van der Waals surface area (Å²) in [7, 11) is -3.26. The van der Waals surface area contributed by atoms with Crippen molar-refractivity contribution in [3.8, 4) is 0 Å². The van der Waals surface area contributed by atoms with Crippen molar-refractivity contribution in [1.29, 1.82) is 0 Å². The van der Waals surface area contributed by atoms with E-state index in [4.69, 9.17) is 4.74 Å². The average Bonchev–Trinajstić information content (AvgIpc) is 2.36. The predicted molar refractivity (Wildman–Crippen MR) is 78.7 cm³/mol. The molecule has 6 nitrogen and oxygen atoms in total. The molecule has 0 radical (unpaired) electrons. The lowest BCUT2D eigenvalue weighted by Gasteiger charge is -2.25. The van der Waals surface area contributed by atoms with Crippen LogP contribution in [0.5, 0.6) is 0 Å².